The van der Waals surface area contributed by atoms with Gasteiger partial charge in [-0.1, -0.05) is 41.4 Å². The highest BCUT2D eigenvalue weighted by Crippen LogP contribution is 2.37. The first-order valence-electron chi connectivity index (χ1n) is 6.28. The Kier molecular flexibility index (Phi) is 3.75. The van der Waals surface area contributed by atoms with E-state index in [-0.39, 0.29) is 5.15 Å². The molecule has 3 rings (SSSR count). The number of pyridine rings is 1. The predicted octanol–water partition coefficient (Wildman–Crippen LogP) is 6.23. The molecule has 0 bridgehead atoms. The molecule has 22 heavy (non-hydrogen) atoms. The Morgan fingerprint density at radius 1 is 0.864 bits per heavy atom. The van der Waals surface area contributed by atoms with Gasteiger partial charge in [-0.15, -0.1) is 0 Å². The van der Waals surface area contributed by atoms with E-state index in [1.807, 2.05) is 0 Å². The first-order valence-corrected chi connectivity index (χ1v) is 7.04. The van der Waals surface area contributed by atoms with Crippen molar-refractivity contribution in [1.29, 1.82) is 0 Å². The Labute approximate surface area is 134 Å². The minimum absolute atomic E-state index is 0.196. The molecule has 0 unspecified atom stereocenters. The van der Waals surface area contributed by atoms with Gasteiger partial charge in [0.25, 0.3) is 0 Å². The fourth-order valence-electron chi connectivity index (χ4n) is 2.27. The molecule has 0 radical (unpaired) electrons. The van der Waals surface area contributed by atoms with Crippen molar-refractivity contribution >= 4 is 34.1 Å². The quantitative estimate of drug-likeness (QED) is 0.478. The molecule has 0 spiro atoms. The number of aromatic nitrogens is 1. The largest absolute Gasteiger partial charge is 0.416 e. The summed E-state index contributed by atoms with van der Waals surface area (Å²) >= 11 is 12.1. The molecule has 3 aromatic rings. The van der Waals surface area contributed by atoms with Crippen molar-refractivity contribution in [2.75, 3.05) is 0 Å². The third kappa shape index (κ3) is 2.76. The molecule has 0 saturated heterocycles. The van der Waals surface area contributed by atoms with Crippen LogP contribution in [0.15, 0.2) is 48.5 Å². The van der Waals surface area contributed by atoms with Gasteiger partial charge in [-0.3, -0.25) is 0 Å². The smallest absolute Gasteiger partial charge is 0.236 e. The standard InChI is InChI=1S/C16H8Cl2F3N/c17-13-4-2-1-3-10(13)11-8-15(18)22-14-6-5-9(7-12(11)14)16(19,20)21/h1-8H. The van der Waals surface area contributed by atoms with Gasteiger partial charge in [0.05, 0.1) is 11.1 Å². The molecule has 112 valence electrons. The third-order valence-corrected chi connectivity index (χ3v) is 3.79. The fraction of sp³-hybridized carbons (Fsp3) is 0.0625. The van der Waals surface area contributed by atoms with Crippen LogP contribution < -0.4 is 0 Å². The first kappa shape index (κ1) is 15.1. The van der Waals surface area contributed by atoms with E-state index in [4.69, 9.17) is 23.2 Å². The van der Waals surface area contributed by atoms with E-state index >= 15 is 0 Å². The first-order chi connectivity index (χ1) is 10.4. The molecule has 0 aliphatic carbocycles. The van der Waals surface area contributed by atoms with Gasteiger partial charge in [0, 0.05) is 16.0 Å². The molecular formula is C16H8Cl2F3N. The summed E-state index contributed by atoms with van der Waals surface area (Å²) in [6.07, 6.45) is -4.43. The maximum atomic E-state index is 12.9. The number of hydrogen-bond donors (Lipinski definition) is 0. The van der Waals surface area contributed by atoms with Crippen molar-refractivity contribution in [3.63, 3.8) is 0 Å². The van der Waals surface area contributed by atoms with Crippen LogP contribution in [0.2, 0.25) is 10.2 Å². The average molecular weight is 342 g/mol. The van der Waals surface area contributed by atoms with E-state index in [9.17, 15) is 13.2 Å². The molecule has 0 N–H and O–H groups in total. The van der Waals surface area contributed by atoms with Crippen LogP contribution in [0.25, 0.3) is 22.0 Å². The van der Waals surface area contributed by atoms with Crippen molar-refractivity contribution in [2.24, 2.45) is 0 Å². The summed E-state index contributed by atoms with van der Waals surface area (Å²) in [5, 5.41) is 0.984. The SMILES string of the molecule is FC(F)(F)c1ccc2nc(Cl)cc(-c3ccccc3Cl)c2c1. The predicted molar refractivity (Wildman–Crippen MR) is 82.2 cm³/mol. The fourth-order valence-corrected chi connectivity index (χ4v) is 2.71. The Morgan fingerprint density at radius 2 is 1.59 bits per heavy atom. The molecule has 6 heteroatoms. The average Bonchev–Trinajstić information content (AvgIpc) is 2.45. The Hall–Kier alpha value is -1.78. The van der Waals surface area contributed by atoms with Gasteiger partial charge in [-0.25, -0.2) is 4.98 Å². The molecule has 1 aromatic heterocycles. The Bertz CT molecular complexity index is 860. The molecule has 0 aliphatic heterocycles. The second-order valence-electron chi connectivity index (χ2n) is 4.70. The van der Waals surface area contributed by atoms with E-state index in [0.717, 1.165) is 12.1 Å². The molecule has 1 heterocycles. The Balaban J connectivity index is 2.35. The van der Waals surface area contributed by atoms with Crippen LogP contribution in [0.5, 0.6) is 0 Å². The van der Waals surface area contributed by atoms with Gasteiger partial charge in [0.15, 0.2) is 0 Å². The van der Waals surface area contributed by atoms with E-state index in [1.165, 1.54) is 12.1 Å². The molecule has 0 amide bonds. The summed E-state index contributed by atoms with van der Waals surface area (Å²) in [4.78, 5) is 4.07. The highest BCUT2D eigenvalue weighted by Gasteiger charge is 2.30. The van der Waals surface area contributed by atoms with Crippen LogP contribution in [0.4, 0.5) is 13.2 Å². The summed E-state index contributed by atoms with van der Waals surface area (Å²) in [6, 6.07) is 11.8. The van der Waals surface area contributed by atoms with Crippen molar-refractivity contribution in [3.8, 4) is 11.1 Å². The van der Waals surface area contributed by atoms with Gasteiger partial charge in [-0.05, 0) is 35.9 Å². The zero-order valence-corrected chi connectivity index (χ0v) is 12.5. The number of alkyl halides is 3. The van der Waals surface area contributed by atoms with Crippen LogP contribution in [-0.2, 0) is 6.18 Å². The van der Waals surface area contributed by atoms with Gasteiger partial charge in [-0.2, -0.15) is 13.2 Å². The molecule has 0 aliphatic rings. The maximum Gasteiger partial charge on any atom is 0.416 e. The summed E-state index contributed by atoms with van der Waals surface area (Å²) < 4.78 is 38.8. The summed E-state index contributed by atoms with van der Waals surface area (Å²) in [5.74, 6) is 0. The van der Waals surface area contributed by atoms with Gasteiger partial charge in [0.2, 0.25) is 0 Å². The Morgan fingerprint density at radius 3 is 2.27 bits per heavy atom. The van der Waals surface area contributed by atoms with E-state index < -0.39 is 11.7 Å². The van der Waals surface area contributed by atoms with Gasteiger partial charge < -0.3 is 0 Å². The number of hydrogen-bond acceptors (Lipinski definition) is 1. The van der Waals surface area contributed by atoms with E-state index in [0.29, 0.717) is 27.1 Å². The molecule has 2 aromatic carbocycles. The summed E-state index contributed by atoms with van der Waals surface area (Å²) in [5.41, 5.74) is 0.775. The highest BCUT2D eigenvalue weighted by atomic mass is 35.5. The highest BCUT2D eigenvalue weighted by molar-refractivity contribution is 6.34. The van der Waals surface area contributed by atoms with Crippen molar-refractivity contribution in [1.82, 2.24) is 4.98 Å². The lowest BCUT2D eigenvalue weighted by atomic mass is 9.99. The van der Waals surface area contributed by atoms with Crippen LogP contribution >= 0.6 is 23.2 Å². The van der Waals surface area contributed by atoms with Gasteiger partial charge in [0.1, 0.15) is 5.15 Å². The number of nitrogens with zero attached hydrogens (tertiary/aromatic N) is 1. The number of halogens is 5. The van der Waals surface area contributed by atoms with Crippen molar-refractivity contribution in [3.05, 3.63) is 64.3 Å². The van der Waals surface area contributed by atoms with Crippen LogP contribution in [0.3, 0.4) is 0 Å². The lowest BCUT2D eigenvalue weighted by Crippen LogP contribution is -2.04. The van der Waals surface area contributed by atoms with Gasteiger partial charge >= 0.3 is 6.18 Å². The lowest BCUT2D eigenvalue weighted by molar-refractivity contribution is -0.137. The zero-order chi connectivity index (χ0) is 15.9. The molecule has 0 saturated carbocycles. The minimum atomic E-state index is -4.43. The number of benzene rings is 2. The molecule has 1 nitrogen and oxygen atoms in total. The molecule has 0 atom stereocenters. The second-order valence-corrected chi connectivity index (χ2v) is 5.50. The normalized spacial score (nSPS) is 11.9. The molecule has 0 fully saturated rings. The van der Waals surface area contributed by atoms with E-state index in [1.54, 1.807) is 24.3 Å². The summed E-state index contributed by atoms with van der Waals surface area (Å²) in [6.45, 7) is 0. The monoisotopic (exact) mass is 341 g/mol. The third-order valence-electron chi connectivity index (χ3n) is 3.27. The van der Waals surface area contributed by atoms with Crippen molar-refractivity contribution < 1.29 is 13.2 Å². The second kappa shape index (κ2) is 5.45. The number of rotatable bonds is 1. The number of fused-ring (bicyclic) bond motifs is 1. The van der Waals surface area contributed by atoms with Crippen LogP contribution in [0.1, 0.15) is 5.56 Å². The minimum Gasteiger partial charge on any atom is -0.236 e. The summed E-state index contributed by atoms with van der Waals surface area (Å²) in [7, 11) is 0. The topological polar surface area (TPSA) is 12.9 Å². The van der Waals surface area contributed by atoms with Crippen molar-refractivity contribution in [2.45, 2.75) is 6.18 Å². The lowest BCUT2D eigenvalue weighted by Gasteiger charge is -2.12. The zero-order valence-electron chi connectivity index (χ0n) is 11.0. The maximum absolute atomic E-state index is 12.9. The van der Waals surface area contributed by atoms with E-state index in [2.05, 4.69) is 4.98 Å². The van der Waals surface area contributed by atoms with Crippen LogP contribution in [0, 0.1) is 0 Å². The molecular weight excluding hydrogens is 334 g/mol. The van der Waals surface area contributed by atoms with Crippen LogP contribution in [-0.4, -0.2) is 4.98 Å².